The molecule has 7 nitrogen and oxygen atoms in total. The van der Waals surface area contributed by atoms with E-state index in [9.17, 15) is 24.6 Å². The van der Waals surface area contributed by atoms with Gasteiger partial charge in [0, 0.05) is 29.6 Å². The van der Waals surface area contributed by atoms with Gasteiger partial charge in [-0.15, -0.1) is 0 Å². The first kappa shape index (κ1) is 20.5. The Kier molecular flexibility index (Phi) is 4.52. The van der Waals surface area contributed by atoms with Crippen LogP contribution in [-0.4, -0.2) is 46.2 Å². The molecule has 4 rings (SSSR count). The van der Waals surface area contributed by atoms with E-state index in [1.807, 2.05) is 20.8 Å². The lowest BCUT2D eigenvalue weighted by Crippen LogP contribution is -2.71. The minimum atomic E-state index is -1.09. The summed E-state index contributed by atoms with van der Waals surface area (Å²) in [5.41, 5.74) is -1.07. The largest absolute Gasteiger partial charge is 0.462 e. The second-order valence-electron chi connectivity index (χ2n) is 9.94. The van der Waals surface area contributed by atoms with E-state index in [0.717, 1.165) is 0 Å². The zero-order valence-corrected chi connectivity index (χ0v) is 17.6. The molecule has 0 bridgehead atoms. The van der Waals surface area contributed by atoms with Gasteiger partial charge in [-0.1, -0.05) is 20.8 Å². The number of aliphatic hydroxyl groups excluding tert-OH is 2. The lowest BCUT2D eigenvalue weighted by atomic mass is 9.39. The van der Waals surface area contributed by atoms with Gasteiger partial charge in [0.15, 0.2) is 5.76 Å². The molecule has 4 aliphatic rings. The molecule has 0 radical (unpaired) electrons. The quantitative estimate of drug-likeness (QED) is 0.638. The Hall–Kier alpha value is -1.73. The predicted molar refractivity (Wildman–Crippen MR) is 101 cm³/mol. The first-order chi connectivity index (χ1) is 13.4. The number of esters is 2. The van der Waals surface area contributed by atoms with Crippen molar-refractivity contribution in [2.75, 3.05) is 0 Å². The molecule has 1 aliphatic heterocycles. The maximum absolute atomic E-state index is 13.8. The van der Waals surface area contributed by atoms with Crippen LogP contribution in [0, 0.1) is 34.5 Å². The Balaban J connectivity index is 1.95. The van der Waals surface area contributed by atoms with Crippen molar-refractivity contribution in [2.24, 2.45) is 34.5 Å². The molecule has 3 fully saturated rings. The second-order valence-corrected chi connectivity index (χ2v) is 9.94. The molecule has 2 N–H and O–H groups in total. The Morgan fingerprint density at radius 3 is 2.45 bits per heavy atom. The first-order valence-corrected chi connectivity index (χ1v) is 10.4. The van der Waals surface area contributed by atoms with Crippen molar-refractivity contribution in [2.45, 2.75) is 72.2 Å². The van der Waals surface area contributed by atoms with Crippen LogP contribution in [0.3, 0.4) is 0 Å². The minimum absolute atomic E-state index is 0.0137. The SMILES string of the molecule is CC(=O)OC1=C(C)C2CC(=O)OC3CC4C(C)CC(O)C(O)C4(C)C(C1=O)C32C. The van der Waals surface area contributed by atoms with Crippen molar-refractivity contribution in [3.63, 3.8) is 0 Å². The van der Waals surface area contributed by atoms with Gasteiger partial charge in [-0.25, -0.2) is 0 Å². The normalized spacial score (nSPS) is 49.1. The van der Waals surface area contributed by atoms with E-state index in [1.165, 1.54) is 6.92 Å². The smallest absolute Gasteiger partial charge is 0.308 e. The summed E-state index contributed by atoms with van der Waals surface area (Å²) in [7, 11) is 0. The number of ether oxygens (including phenoxy) is 2. The number of allylic oxidation sites excluding steroid dienone is 2. The highest BCUT2D eigenvalue weighted by Gasteiger charge is 2.72. The van der Waals surface area contributed by atoms with Crippen LogP contribution in [0.2, 0.25) is 0 Å². The van der Waals surface area contributed by atoms with Gasteiger partial charge in [-0.2, -0.15) is 0 Å². The molecule has 0 spiro atoms. The average molecular weight is 406 g/mol. The summed E-state index contributed by atoms with van der Waals surface area (Å²) < 4.78 is 11.1. The van der Waals surface area contributed by atoms with E-state index in [-0.39, 0.29) is 41.7 Å². The Bertz CT molecular complexity index is 816. The van der Waals surface area contributed by atoms with Gasteiger partial charge < -0.3 is 19.7 Å². The third-order valence-corrected chi connectivity index (χ3v) is 8.51. The van der Waals surface area contributed by atoms with Gasteiger partial charge in [0.1, 0.15) is 6.10 Å². The van der Waals surface area contributed by atoms with Crippen LogP contribution in [-0.2, 0) is 23.9 Å². The monoisotopic (exact) mass is 406 g/mol. The van der Waals surface area contributed by atoms with Crippen LogP contribution in [0.25, 0.3) is 0 Å². The van der Waals surface area contributed by atoms with E-state index in [0.29, 0.717) is 18.4 Å². The van der Waals surface area contributed by atoms with E-state index in [2.05, 4.69) is 0 Å². The predicted octanol–water partition coefficient (Wildman–Crippen LogP) is 1.75. The van der Waals surface area contributed by atoms with Crippen molar-refractivity contribution < 1.29 is 34.1 Å². The zero-order valence-electron chi connectivity index (χ0n) is 17.6. The fourth-order valence-corrected chi connectivity index (χ4v) is 7.27. The lowest BCUT2D eigenvalue weighted by molar-refractivity contribution is -0.255. The number of fused-ring (bicyclic) bond motifs is 2. The minimum Gasteiger partial charge on any atom is -0.462 e. The molecule has 0 aromatic rings. The topological polar surface area (TPSA) is 110 Å². The highest BCUT2D eigenvalue weighted by Crippen LogP contribution is 2.68. The lowest BCUT2D eigenvalue weighted by Gasteiger charge is -2.67. The molecule has 160 valence electrons. The van der Waals surface area contributed by atoms with Gasteiger partial charge in [-0.05, 0) is 37.2 Å². The Labute approximate surface area is 170 Å². The summed E-state index contributed by atoms with van der Waals surface area (Å²) in [4.78, 5) is 37.9. The summed E-state index contributed by atoms with van der Waals surface area (Å²) in [6.07, 6.45) is -1.42. The van der Waals surface area contributed by atoms with E-state index >= 15 is 0 Å². The standard InChI is InChI=1S/C22H30O7/c1-9-6-14(24)20(27)22(5)12(9)7-15-21(4)13(8-16(25)29-15)10(2)18(28-11(3)23)17(26)19(21)22/h9,12-15,19-20,24,27H,6-8H2,1-5H3. The van der Waals surface area contributed by atoms with Crippen LogP contribution in [0.4, 0.5) is 0 Å². The van der Waals surface area contributed by atoms with Gasteiger partial charge in [0.2, 0.25) is 5.78 Å². The molecule has 0 aromatic heterocycles. The number of carbonyl (C=O) groups excluding carboxylic acids is 3. The first-order valence-electron chi connectivity index (χ1n) is 10.4. The Morgan fingerprint density at radius 2 is 1.83 bits per heavy atom. The number of hydrogen-bond donors (Lipinski definition) is 2. The molecule has 1 saturated heterocycles. The summed E-state index contributed by atoms with van der Waals surface area (Å²) in [6.45, 7) is 8.80. The van der Waals surface area contributed by atoms with Crippen LogP contribution >= 0.6 is 0 Å². The van der Waals surface area contributed by atoms with Crippen molar-refractivity contribution >= 4 is 17.7 Å². The summed E-state index contributed by atoms with van der Waals surface area (Å²) >= 11 is 0. The van der Waals surface area contributed by atoms with Crippen molar-refractivity contribution in [3.05, 3.63) is 11.3 Å². The van der Waals surface area contributed by atoms with E-state index < -0.39 is 41.0 Å². The van der Waals surface area contributed by atoms with Crippen molar-refractivity contribution in [3.8, 4) is 0 Å². The van der Waals surface area contributed by atoms with E-state index in [1.54, 1.807) is 6.92 Å². The number of rotatable bonds is 1. The summed E-state index contributed by atoms with van der Waals surface area (Å²) in [6, 6.07) is 0. The second kappa shape index (κ2) is 6.38. The third-order valence-electron chi connectivity index (χ3n) is 8.51. The van der Waals surface area contributed by atoms with Gasteiger partial charge in [0.05, 0.1) is 18.6 Å². The van der Waals surface area contributed by atoms with Crippen LogP contribution < -0.4 is 0 Å². The fourth-order valence-electron chi connectivity index (χ4n) is 7.27. The molecule has 1 heterocycles. The summed E-state index contributed by atoms with van der Waals surface area (Å²) in [5, 5.41) is 21.7. The number of aliphatic hydroxyl groups is 2. The number of carbonyl (C=O) groups is 3. The number of hydrogen-bond acceptors (Lipinski definition) is 7. The maximum Gasteiger partial charge on any atom is 0.308 e. The zero-order chi connectivity index (χ0) is 21.5. The molecule has 9 unspecified atom stereocenters. The third kappa shape index (κ3) is 2.53. The highest BCUT2D eigenvalue weighted by molar-refractivity contribution is 6.00. The summed E-state index contributed by atoms with van der Waals surface area (Å²) in [5.74, 6) is -2.41. The van der Waals surface area contributed by atoms with Gasteiger partial charge >= 0.3 is 11.9 Å². The van der Waals surface area contributed by atoms with Crippen LogP contribution in [0.5, 0.6) is 0 Å². The van der Waals surface area contributed by atoms with Gasteiger partial charge in [-0.3, -0.25) is 14.4 Å². The molecule has 0 amide bonds. The molecule has 29 heavy (non-hydrogen) atoms. The molecule has 7 heteroatoms. The van der Waals surface area contributed by atoms with Gasteiger partial charge in [0.25, 0.3) is 0 Å². The maximum atomic E-state index is 13.8. The molecular weight excluding hydrogens is 376 g/mol. The molecule has 2 saturated carbocycles. The van der Waals surface area contributed by atoms with E-state index in [4.69, 9.17) is 9.47 Å². The molecule has 0 aromatic carbocycles. The number of Topliss-reactive ketones (excluding diaryl/α,β-unsaturated/α-hetero) is 1. The fraction of sp³-hybridized carbons (Fsp3) is 0.773. The Morgan fingerprint density at radius 1 is 1.17 bits per heavy atom. The molecular formula is C22H30O7. The van der Waals surface area contributed by atoms with Crippen LogP contribution in [0.15, 0.2) is 11.3 Å². The molecule has 3 aliphatic carbocycles. The van der Waals surface area contributed by atoms with Crippen molar-refractivity contribution in [1.82, 2.24) is 0 Å². The average Bonchev–Trinajstić information content (AvgIpc) is 2.62. The number of ketones is 1. The van der Waals surface area contributed by atoms with Crippen molar-refractivity contribution in [1.29, 1.82) is 0 Å². The molecule has 9 atom stereocenters. The highest BCUT2D eigenvalue weighted by atomic mass is 16.6. The van der Waals surface area contributed by atoms with Crippen LogP contribution in [0.1, 0.15) is 53.9 Å².